The highest BCUT2D eigenvalue weighted by Gasteiger charge is 2.25. The Balaban J connectivity index is 2.63. The number of carboxylic acid groups (broad SMARTS) is 1. The summed E-state index contributed by atoms with van der Waals surface area (Å²) in [7, 11) is 1.60. The Morgan fingerprint density at radius 2 is 1.95 bits per heavy atom. The van der Waals surface area contributed by atoms with Gasteiger partial charge in [-0.05, 0) is 19.1 Å². The van der Waals surface area contributed by atoms with Crippen LogP contribution < -0.4 is 10.6 Å². The largest absolute Gasteiger partial charge is 0.477 e. The second-order valence-electron chi connectivity index (χ2n) is 4.66. The molecule has 0 saturated heterocycles. The van der Waals surface area contributed by atoms with Crippen molar-refractivity contribution in [3.8, 4) is 5.69 Å². The summed E-state index contributed by atoms with van der Waals surface area (Å²) in [5.41, 5.74) is 6.33. The minimum atomic E-state index is -1.10. The number of aromatic carboxylic acids is 1. The lowest BCUT2D eigenvalue weighted by Crippen LogP contribution is -2.32. The van der Waals surface area contributed by atoms with Gasteiger partial charge in [-0.2, -0.15) is 5.10 Å². The highest BCUT2D eigenvalue weighted by atomic mass is 16.4. The molecule has 0 fully saturated rings. The van der Waals surface area contributed by atoms with Gasteiger partial charge < -0.3 is 15.7 Å². The van der Waals surface area contributed by atoms with Crippen LogP contribution in [-0.2, 0) is 4.79 Å². The van der Waals surface area contributed by atoms with E-state index in [1.807, 2.05) is 18.2 Å². The number of carboxylic acids is 1. The summed E-state index contributed by atoms with van der Waals surface area (Å²) in [6.07, 6.45) is 0. The van der Waals surface area contributed by atoms with Crippen LogP contribution in [0.1, 0.15) is 16.1 Å². The van der Waals surface area contributed by atoms with Gasteiger partial charge in [0.2, 0.25) is 5.91 Å². The molecule has 0 aliphatic carbocycles. The van der Waals surface area contributed by atoms with Crippen LogP contribution in [0.25, 0.3) is 5.69 Å². The van der Waals surface area contributed by atoms with Crippen molar-refractivity contribution in [1.29, 1.82) is 0 Å². The number of para-hydroxylation sites is 1. The molecule has 0 atom stereocenters. The molecular formula is C14H16N4O3. The van der Waals surface area contributed by atoms with Crippen LogP contribution in [-0.4, -0.2) is 40.4 Å². The highest BCUT2D eigenvalue weighted by Crippen LogP contribution is 2.26. The maximum absolute atomic E-state index is 11.5. The average Bonchev–Trinajstić information content (AvgIpc) is 2.76. The summed E-state index contributed by atoms with van der Waals surface area (Å²) >= 11 is 0. The minimum Gasteiger partial charge on any atom is -0.477 e. The van der Waals surface area contributed by atoms with Crippen molar-refractivity contribution in [2.75, 3.05) is 18.5 Å². The number of benzene rings is 1. The van der Waals surface area contributed by atoms with Crippen LogP contribution in [0, 0.1) is 6.92 Å². The maximum Gasteiger partial charge on any atom is 0.341 e. The Morgan fingerprint density at radius 3 is 2.48 bits per heavy atom. The van der Waals surface area contributed by atoms with Crippen molar-refractivity contribution in [2.24, 2.45) is 5.73 Å². The predicted octanol–water partition coefficient (Wildman–Crippen LogP) is 0.800. The minimum absolute atomic E-state index is 0.0580. The van der Waals surface area contributed by atoms with E-state index in [-0.39, 0.29) is 12.1 Å². The van der Waals surface area contributed by atoms with Crippen molar-refractivity contribution in [3.63, 3.8) is 0 Å². The third kappa shape index (κ3) is 2.86. The Bertz CT molecular complexity index is 679. The fourth-order valence-electron chi connectivity index (χ4n) is 2.18. The molecule has 2 aromatic rings. The van der Waals surface area contributed by atoms with Crippen LogP contribution in [0.4, 0.5) is 5.82 Å². The summed E-state index contributed by atoms with van der Waals surface area (Å²) in [5.74, 6) is -1.32. The first-order valence-electron chi connectivity index (χ1n) is 6.29. The summed E-state index contributed by atoms with van der Waals surface area (Å²) < 4.78 is 1.50. The molecule has 0 aliphatic heterocycles. The molecule has 2 rings (SSSR count). The molecule has 0 spiro atoms. The number of hydrogen-bond acceptors (Lipinski definition) is 4. The van der Waals surface area contributed by atoms with Gasteiger partial charge in [-0.25, -0.2) is 9.48 Å². The maximum atomic E-state index is 11.5. The molecule has 7 heteroatoms. The topological polar surface area (TPSA) is 101 Å². The van der Waals surface area contributed by atoms with Crippen LogP contribution in [0.15, 0.2) is 30.3 Å². The Labute approximate surface area is 121 Å². The fourth-order valence-corrected chi connectivity index (χ4v) is 2.18. The monoisotopic (exact) mass is 288 g/mol. The molecule has 0 saturated carbocycles. The quantitative estimate of drug-likeness (QED) is 0.847. The lowest BCUT2D eigenvalue weighted by atomic mass is 10.2. The number of nitrogens with two attached hydrogens (primary N) is 1. The Morgan fingerprint density at radius 1 is 1.33 bits per heavy atom. The van der Waals surface area contributed by atoms with Gasteiger partial charge >= 0.3 is 5.97 Å². The highest BCUT2D eigenvalue weighted by molar-refractivity contribution is 5.96. The number of anilines is 1. The van der Waals surface area contributed by atoms with Crippen molar-refractivity contribution >= 4 is 17.7 Å². The normalized spacial score (nSPS) is 10.4. The van der Waals surface area contributed by atoms with Gasteiger partial charge in [-0.3, -0.25) is 4.79 Å². The van der Waals surface area contributed by atoms with Crippen LogP contribution >= 0.6 is 0 Å². The molecule has 1 amide bonds. The van der Waals surface area contributed by atoms with Gasteiger partial charge in [0, 0.05) is 7.05 Å². The lowest BCUT2D eigenvalue weighted by Gasteiger charge is -2.19. The number of aryl methyl sites for hydroxylation is 1. The van der Waals surface area contributed by atoms with Crippen LogP contribution in [0.3, 0.4) is 0 Å². The Hall–Kier alpha value is -2.83. The van der Waals surface area contributed by atoms with E-state index < -0.39 is 11.9 Å². The predicted molar refractivity (Wildman–Crippen MR) is 77.7 cm³/mol. The molecule has 3 N–H and O–H groups in total. The first-order valence-corrected chi connectivity index (χ1v) is 6.29. The number of aromatic nitrogens is 2. The molecule has 0 radical (unpaired) electrons. The van der Waals surface area contributed by atoms with E-state index in [2.05, 4.69) is 5.10 Å². The molecular weight excluding hydrogens is 272 g/mol. The van der Waals surface area contributed by atoms with E-state index in [1.165, 1.54) is 9.58 Å². The van der Waals surface area contributed by atoms with E-state index in [0.29, 0.717) is 17.2 Å². The molecule has 0 aliphatic rings. The molecule has 1 heterocycles. The van der Waals surface area contributed by atoms with Crippen LogP contribution in [0.2, 0.25) is 0 Å². The van der Waals surface area contributed by atoms with E-state index in [9.17, 15) is 14.7 Å². The van der Waals surface area contributed by atoms with Gasteiger partial charge in [0.05, 0.1) is 17.9 Å². The third-order valence-electron chi connectivity index (χ3n) is 3.01. The van der Waals surface area contributed by atoms with Crippen molar-refractivity contribution < 1.29 is 14.7 Å². The van der Waals surface area contributed by atoms with Gasteiger partial charge in [0.1, 0.15) is 11.4 Å². The molecule has 1 aromatic carbocycles. The molecule has 1 aromatic heterocycles. The average molecular weight is 288 g/mol. The molecule has 0 bridgehead atoms. The van der Waals surface area contributed by atoms with Gasteiger partial charge in [-0.1, -0.05) is 18.2 Å². The van der Waals surface area contributed by atoms with Crippen molar-refractivity contribution in [3.05, 3.63) is 41.6 Å². The van der Waals surface area contributed by atoms with Crippen LogP contribution in [0.5, 0.6) is 0 Å². The number of carbonyl (C=O) groups excluding carboxylic acids is 1. The van der Waals surface area contributed by atoms with Gasteiger partial charge in [0.15, 0.2) is 0 Å². The smallest absolute Gasteiger partial charge is 0.341 e. The SMILES string of the molecule is Cc1nn(-c2ccccc2)c(N(C)CC(N)=O)c1C(=O)O. The lowest BCUT2D eigenvalue weighted by molar-refractivity contribution is -0.116. The second-order valence-corrected chi connectivity index (χ2v) is 4.66. The van der Waals surface area contributed by atoms with Gasteiger partial charge in [-0.15, -0.1) is 0 Å². The van der Waals surface area contributed by atoms with E-state index >= 15 is 0 Å². The zero-order valence-electron chi connectivity index (χ0n) is 11.8. The van der Waals surface area contributed by atoms with E-state index in [4.69, 9.17) is 5.73 Å². The number of carbonyl (C=O) groups is 2. The van der Waals surface area contributed by atoms with E-state index in [0.717, 1.165) is 0 Å². The first-order chi connectivity index (χ1) is 9.91. The van der Waals surface area contributed by atoms with Crippen molar-refractivity contribution in [2.45, 2.75) is 6.92 Å². The molecule has 7 nitrogen and oxygen atoms in total. The number of primary amides is 1. The van der Waals surface area contributed by atoms with Gasteiger partial charge in [0.25, 0.3) is 0 Å². The third-order valence-corrected chi connectivity index (χ3v) is 3.01. The summed E-state index contributed by atoms with van der Waals surface area (Å²) in [6, 6.07) is 9.11. The molecule has 110 valence electrons. The summed E-state index contributed by atoms with van der Waals surface area (Å²) in [4.78, 5) is 24.1. The Kier molecular flexibility index (Phi) is 3.93. The van der Waals surface area contributed by atoms with Crippen molar-refractivity contribution in [1.82, 2.24) is 9.78 Å². The number of hydrogen-bond donors (Lipinski definition) is 2. The fraction of sp³-hybridized carbons (Fsp3) is 0.214. The zero-order chi connectivity index (χ0) is 15.6. The number of nitrogens with zero attached hydrogens (tertiary/aromatic N) is 3. The zero-order valence-corrected chi connectivity index (χ0v) is 11.8. The van der Waals surface area contributed by atoms with E-state index in [1.54, 1.807) is 26.1 Å². The second kappa shape index (κ2) is 5.66. The first kappa shape index (κ1) is 14.6. The molecule has 21 heavy (non-hydrogen) atoms. The molecule has 0 unspecified atom stereocenters. The number of rotatable bonds is 5. The number of amides is 1. The summed E-state index contributed by atoms with van der Waals surface area (Å²) in [5, 5.41) is 13.7. The summed E-state index contributed by atoms with van der Waals surface area (Å²) in [6.45, 7) is 1.52. The number of likely N-dealkylation sites (N-methyl/N-ethyl adjacent to an activating group) is 1. The standard InChI is InChI=1S/C14H16N4O3/c1-9-12(14(20)21)13(17(2)8-11(15)19)18(16-9)10-6-4-3-5-7-10/h3-7H,8H2,1-2H3,(H2,15,19)(H,20,21).